The van der Waals surface area contributed by atoms with E-state index in [1.54, 1.807) is 0 Å². The highest BCUT2D eigenvalue weighted by Gasteiger charge is 2.38. The maximum atomic E-state index is 13.5. The molecular formula is C17H23F2N3O2. The molecule has 1 aliphatic rings. The highest BCUT2D eigenvalue weighted by molar-refractivity contribution is 6.39. The number of benzene rings is 1. The molecule has 0 unspecified atom stereocenters. The van der Waals surface area contributed by atoms with Gasteiger partial charge in [0.15, 0.2) is 0 Å². The third-order valence-corrected chi connectivity index (χ3v) is 3.93. The SMILES string of the molecule is CC1(C)CC(NC(=O)C(=O)Nc2c(F)cccc2F)CC(C)(C)N1. The van der Waals surface area contributed by atoms with E-state index in [9.17, 15) is 18.4 Å². The summed E-state index contributed by atoms with van der Waals surface area (Å²) in [4.78, 5) is 24.0. The Morgan fingerprint density at radius 1 is 1.04 bits per heavy atom. The molecule has 1 fully saturated rings. The number of anilines is 1. The van der Waals surface area contributed by atoms with Gasteiger partial charge in [0.1, 0.15) is 17.3 Å². The highest BCUT2D eigenvalue weighted by Crippen LogP contribution is 2.28. The van der Waals surface area contributed by atoms with Gasteiger partial charge in [-0.15, -0.1) is 0 Å². The summed E-state index contributed by atoms with van der Waals surface area (Å²) < 4.78 is 27.1. The predicted molar refractivity (Wildman–Crippen MR) is 87.4 cm³/mol. The summed E-state index contributed by atoms with van der Waals surface area (Å²) >= 11 is 0. The smallest absolute Gasteiger partial charge is 0.313 e. The normalized spacial score (nSPS) is 19.6. The van der Waals surface area contributed by atoms with Gasteiger partial charge in [-0.1, -0.05) is 6.07 Å². The van der Waals surface area contributed by atoms with E-state index in [1.807, 2.05) is 33.0 Å². The van der Waals surface area contributed by atoms with E-state index in [1.165, 1.54) is 6.07 Å². The zero-order chi connectivity index (χ0) is 18.1. The van der Waals surface area contributed by atoms with Crippen LogP contribution < -0.4 is 16.0 Å². The molecule has 1 aromatic rings. The molecule has 0 spiro atoms. The fourth-order valence-electron chi connectivity index (χ4n) is 3.46. The van der Waals surface area contributed by atoms with Gasteiger partial charge in [-0.05, 0) is 52.7 Å². The maximum absolute atomic E-state index is 13.5. The molecule has 1 saturated heterocycles. The third kappa shape index (κ3) is 4.50. The van der Waals surface area contributed by atoms with Crippen LogP contribution in [0.5, 0.6) is 0 Å². The average molecular weight is 339 g/mol. The first-order valence-electron chi connectivity index (χ1n) is 7.84. The average Bonchev–Trinajstić information content (AvgIpc) is 2.39. The topological polar surface area (TPSA) is 70.2 Å². The van der Waals surface area contributed by atoms with E-state index < -0.39 is 29.1 Å². The summed E-state index contributed by atoms with van der Waals surface area (Å²) in [7, 11) is 0. The molecular weight excluding hydrogens is 316 g/mol. The van der Waals surface area contributed by atoms with Gasteiger partial charge < -0.3 is 16.0 Å². The van der Waals surface area contributed by atoms with Crippen molar-refractivity contribution in [3.8, 4) is 0 Å². The van der Waals surface area contributed by atoms with E-state index >= 15 is 0 Å². The van der Waals surface area contributed by atoms with Gasteiger partial charge in [-0.3, -0.25) is 9.59 Å². The van der Waals surface area contributed by atoms with Crippen LogP contribution in [0.3, 0.4) is 0 Å². The maximum Gasteiger partial charge on any atom is 0.313 e. The first kappa shape index (κ1) is 18.3. The van der Waals surface area contributed by atoms with Crippen molar-refractivity contribution < 1.29 is 18.4 Å². The molecule has 1 aliphatic heterocycles. The largest absolute Gasteiger partial charge is 0.345 e. The molecule has 0 aromatic heterocycles. The number of amides is 2. The molecule has 0 atom stereocenters. The zero-order valence-electron chi connectivity index (χ0n) is 14.3. The summed E-state index contributed by atoms with van der Waals surface area (Å²) in [5, 5.41) is 8.11. The van der Waals surface area contributed by atoms with Gasteiger partial charge in [0, 0.05) is 17.1 Å². The summed E-state index contributed by atoms with van der Waals surface area (Å²) in [5.41, 5.74) is -1.02. The number of nitrogens with one attached hydrogen (secondary N) is 3. The molecule has 0 saturated carbocycles. The monoisotopic (exact) mass is 339 g/mol. The van der Waals surface area contributed by atoms with Crippen LogP contribution in [0.15, 0.2) is 18.2 Å². The second-order valence-electron chi connectivity index (χ2n) is 7.52. The van der Waals surface area contributed by atoms with Crippen molar-refractivity contribution in [3.63, 3.8) is 0 Å². The Morgan fingerprint density at radius 3 is 2.04 bits per heavy atom. The summed E-state index contributed by atoms with van der Waals surface area (Å²) in [6, 6.07) is 2.99. The highest BCUT2D eigenvalue weighted by atomic mass is 19.1. The van der Waals surface area contributed by atoms with Gasteiger partial charge in [0.05, 0.1) is 0 Å². The molecule has 0 radical (unpaired) electrons. The summed E-state index contributed by atoms with van der Waals surface area (Å²) in [5.74, 6) is -3.86. The van der Waals surface area contributed by atoms with Crippen molar-refractivity contribution in [1.82, 2.24) is 10.6 Å². The van der Waals surface area contributed by atoms with Gasteiger partial charge in [-0.25, -0.2) is 8.78 Å². The van der Waals surface area contributed by atoms with Crippen molar-refractivity contribution >= 4 is 17.5 Å². The number of carbonyl (C=O) groups is 2. The van der Waals surface area contributed by atoms with Crippen LogP contribution >= 0.6 is 0 Å². The number of rotatable bonds is 2. The van der Waals surface area contributed by atoms with E-state index in [4.69, 9.17) is 0 Å². The van der Waals surface area contributed by atoms with E-state index in [2.05, 4.69) is 10.6 Å². The Balaban J connectivity index is 2.03. The lowest BCUT2D eigenvalue weighted by Crippen LogP contribution is -2.62. The van der Waals surface area contributed by atoms with Crippen LogP contribution in [0.1, 0.15) is 40.5 Å². The summed E-state index contributed by atoms with van der Waals surface area (Å²) in [6.07, 6.45) is 1.28. The Kier molecular flexibility index (Phi) is 4.94. The Morgan fingerprint density at radius 2 is 1.54 bits per heavy atom. The van der Waals surface area contributed by atoms with Crippen LogP contribution in [-0.4, -0.2) is 28.9 Å². The summed E-state index contributed by atoms with van der Waals surface area (Å²) in [6.45, 7) is 8.06. The van der Waals surface area contributed by atoms with E-state index in [0.29, 0.717) is 12.8 Å². The van der Waals surface area contributed by atoms with Gasteiger partial charge in [-0.2, -0.15) is 0 Å². The molecule has 2 rings (SSSR count). The minimum Gasteiger partial charge on any atom is -0.345 e. The molecule has 2 amide bonds. The number of carbonyl (C=O) groups excluding carboxylic acids is 2. The number of hydrogen-bond acceptors (Lipinski definition) is 3. The standard InChI is InChI=1S/C17H23F2N3O2/c1-16(2)8-10(9-17(3,4)22-16)20-14(23)15(24)21-13-11(18)6-5-7-12(13)19/h5-7,10,22H,8-9H2,1-4H3,(H,20,23)(H,21,24). The molecule has 0 bridgehead atoms. The Bertz CT molecular complexity index is 623. The molecule has 24 heavy (non-hydrogen) atoms. The molecule has 7 heteroatoms. The van der Waals surface area contributed by atoms with Crippen LogP contribution in [0.4, 0.5) is 14.5 Å². The molecule has 5 nitrogen and oxygen atoms in total. The Hall–Kier alpha value is -2.02. The first-order valence-corrected chi connectivity index (χ1v) is 7.84. The fourth-order valence-corrected chi connectivity index (χ4v) is 3.46. The Labute approximate surface area is 140 Å². The molecule has 0 aliphatic carbocycles. The van der Waals surface area contributed by atoms with Crippen molar-refractivity contribution in [2.45, 2.75) is 57.7 Å². The lowest BCUT2D eigenvalue weighted by molar-refractivity contribution is -0.137. The quantitative estimate of drug-likeness (QED) is 0.724. The van der Waals surface area contributed by atoms with Crippen LogP contribution in [-0.2, 0) is 9.59 Å². The lowest BCUT2D eigenvalue weighted by atomic mass is 9.79. The fraction of sp³-hybridized carbons (Fsp3) is 0.529. The van der Waals surface area contributed by atoms with Crippen LogP contribution in [0, 0.1) is 11.6 Å². The van der Waals surface area contributed by atoms with E-state index in [-0.39, 0.29) is 17.1 Å². The predicted octanol–water partition coefficient (Wildman–Crippen LogP) is 2.33. The van der Waals surface area contributed by atoms with E-state index in [0.717, 1.165) is 12.1 Å². The second kappa shape index (κ2) is 6.47. The van der Waals surface area contributed by atoms with Crippen LogP contribution in [0.25, 0.3) is 0 Å². The third-order valence-electron chi connectivity index (χ3n) is 3.93. The number of halogens is 2. The first-order chi connectivity index (χ1) is 11.0. The van der Waals surface area contributed by atoms with Crippen molar-refractivity contribution in [2.75, 3.05) is 5.32 Å². The van der Waals surface area contributed by atoms with Crippen molar-refractivity contribution in [3.05, 3.63) is 29.8 Å². The van der Waals surface area contributed by atoms with Crippen molar-refractivity contribution in [1.29, 1.82) is 0 Å². The zero-order valence-corrected chi connectivity index (χ0v) is 14.3. The molecule has 1 aromatic carbocycles. The van der Waals surface area contributed by atoms with Gasteiger partial charge in [0.2, 0.25) is 0 Å². The minimum atomic E-state index is -1.09. The van der Waals surface area contributed by atoms with Gasteiger partial charge in [0.25, 0.3) is 0 Å². The number of piperidine rings is 1. The van der Waals surface area contributed by atoms with Crippen molar-refractivity contribution in [2.24, 2.45) is 0 Å². The lowest BCUT2D eigenvalue weighted by Gasteiger charge is -2.46. The van der Waals surface area contributed by atoms with Crippen LogP contribution in [0.2, 0.25) is 0 Å². The van der Waals surface area contributed by atoms with Gasteiger partial charge >= 0.3 is 11.8 Å². The molecule has 1 heterocycles. The molecule has 3 N–H and O–H groups in total. The second-order valence-corrected chi connectivity index (χ2v) is 7.52. The number of para-hydroxylation sites is 1. The number of hydrogen-bond donors (Lipinski definition) is 3. The molecule has 132 valence electrons. The minimum absolute atomic E-state index is 0.201.